The predicted octanol–water partition coefficient (Wildman–Crippen LogP) is 3.59. The van der Waals surface area contributed by atoms with Gasteiger partial charge in [0.2, 0.25) is 0 Å². The molecule has 26 heavy (non-hydrogen) atoms. The lowest BCUT2D eigenvalue weighted by atomic mass is 9.94. The van der Waals surface area contributed by atoms with Crippen LogP contribution in [0.3, 0.4) is 0 Å². The molecular formula is C19H32IN3O2S. The van der Waals surface area contributed by atoms with Gasteiger partial charge in [0.25, 0.3) is 0 Å². The van der Waals surface area contributed by atoms with Crippen LogP contribution in [0, 0.1) is 6.92 Å². The number of aliphatic imine (C=N–C) groups is 1. The molecular weight excluding hydrogens is 461 g/mol. The van der Waals surface area contributed by atoms with Crippen molar-refractivity contribution < 1.29 is 9.47 Å². The van der Waals surface area contributed by atoms with Crippen molar-refractivity contribution in [2.45, 2.75) is 43.7 Å². The summed E-state index contributed by atoms with van der Waals surface area (Å²) in [5.41, 5.74) is 2.37. The third-order valence-corrected chi connectivity index (χ3v) is 5.43. The van der Waals surface area contributed by atoms with Gasteiger partial charge in [-0.25, -0.2) is 4.99 Å². The van der Waals surface area contributed by atoms with Crippen molar-refractivity contribution in [3.63, 3.8) is 0 Å². The Kier molecular flexibility index (Phi) is 10.9. The van der Waals surface area contributed by atoms with E-state index < -0.39 is 0 Å². The number of aryl methyl sites for hydroxylation is 1. The van der Waals surface area contributed by atoms with Gasteiger partial charge in [-0.1, -0.05) is 12.1 Å². The molecule has 0 aromatic heterocycles. The molecule has 1 aromatic carbocycles. The highest BCUT2D eigenvalue weighted by Gasteiger charge is 2.32. The largest absolute Gasteiger partial charge is 0.381 e. The van der Waals surface area contributed by atoms with Crippen molar-refractivity contribution in [1.29, 1.82) is 0 Å². The Morgan fingerprint density at radius 3 is 2.65 bits per heavy atom. The standard InChI is InChI=1S/C19H31N3O2S.HI/c1-5-20-18(22-14-19(23-3)8-10-24-11-9-19)21-13-16-7-6-15(2)12-17(16)25-4;/h6-7,12H,5,8-11,13-14H2,1-4H3,(H2,20,21,22);1H. The average Bonchev–Trinajstić information content (AvgIpc) is 2.65. The molecule has 1 aliphatic heterocycles. The second-order valence-electron chi connectivity index (χ2n) is 6.36. The third kappa shape index (κ3) is 6.90. The zero-order valence-electron chi connectivity index (χ0n) is 16.3. The number of methoxy groups -OCH3 is 1. The molecule has 0 saturated carbocycles. The van der Waals surface area contributed by atoms with Gasteiger partial charge in [-0.05, 0) is 37.3 Å². The third-order valence-electron chi connectivity index (χ3n) is 4.61. The van der Waals surface area contributed by atoms with Crippen LogP contribution in [0.5, 0.6) is 0 Å². The number of nitrogens with one attached hydrogen (secondary N) is 2. The fourth-order valence-electron chi connectivity index (χ4n) is 2.93. The quantitative estimate of drug-likeness (QED) is 0.263. The fraction of sp³-hybridized carbons (Fsp3) is 0.632. The molecule has 1 aliphatic rings. The van der Waals surface area contributed by atoms with E-state index >= 15 is 0 Å². The number of rotatable bonds is 7. The highest BCUT2D eigenvalue weighted by Crippen LogP contribution is 2.24. The lowest BCUT2D eigenvalue weighted by molar-refractivity contribution is -0.0855. The molecule has 0 unspecified atom stereocenters. The molecule has 7 heteroatoms. The summed E-state index contributed by atoms with van der Waals surface area (Å²) < 4.78 is 11.3. The van der Waals surface area contributed by atoms with Crippen molar-refractivity contribution in [3.05, 3.63) is 29.3 Å². The minimum Gasteiger partial charge on any atom is -0.381 e. The molecule has 1 saturated heterocycles. The van der Waals surface area contributed by atoms with Crippen LogP contribution >= 0.6 is 35.7 Å². The maximum absolute atomic E-state index is 5.79. The van der Waals surface area contributed by atoms with Crippen molar-refractivity contribution in [2.24, 2.45) is 4.99 Å². The number of hydrogen-bond acceptors (Lipinski definition) is 4. The van der Waals surface area contributed by atoms with E-state index in [9.17, 15) is 0 Å². The molecule has 0 bridgehead atoms. The van der Waals surface area contributed by atoms with Crippen molar-refractivity contribution >= 4 is 41.7 Å². The van der Waals surface area contributed by atoms with Crippen molar-refractivity contribution in [2.75, 3.05) is 39.7 Å². The van der Waals surface area contributed by atoms with Crippen molar-refractivity contribution in [1.82, 2.24) is 10.6 Å². The van der Waals surface area contributed by atoms with Crippen LogP contribution in [0.25, 0.3) is 0 Å². The summed E-state index contributed by atoms with van der Waals surface area (Å²) in [5, 5.41) is 6.78. The van der Waals surface area contributed by atoms with Crippen LogP contribution in [0.15, 0.2) is 28.1 Å². The monoisotopic (exact) mass is 493 g/mol. The fourth-order valence-corrected chi connectivity index (χ4v) is 3.63. The van der Waals surface area contributed by atoms with Crippen LogP contribution < -0.4 is 10.6 Å². The minimum atomic E-state index is -0.164. The summed E-state index contributed by atoms with van der Waals surface area (Å²) in [4.78, 5) is 6.06. The average molecular weight is 493 g/mol. The molecule has 0 atom stereocenters. The Hall–Kier alpha value is -0.510. The molecule has 148 valence electrons. The van der Waals surface area contributed by atoms with Crippen LogP contribution in [0.4, 0.5) is 0 Å². The first kappa shape index (κ1) is 23.5. The maximum atomic E-state index is 5.79. The van der Waals surface area contributed by atoms with E-state index in [1.807, 2.05) is 0 Å². The molecule has 2 N–H and O–H groups in total. The van der Waals surface area contributed by atoms with Gasteiger partial charge in [0, 0.05) is 51.2 Å². The van der Waals surface area contributed by atoms with Crippen LogP contribution in [-0.2, 0) is 16.0 Å². The van der Waals surface area contributed by atoms with Gasteiger partial charge >= 0.3 is 0 Å². The lowest BCUT2D eigenvalue weighted by Gasteiger charge is -2.36. The Morgan fingerprint density at radius 1 is 1.31 bits per heavy atom. The van der Waals surface area contributed by atoms with Gasteiger partial charge in [0.05, 0.1) is 12.1 Å². The molecule has 5 nitrogen and oxygen atoms in total. The summed E-state index contributed by atoms with van der Waals surface area (Å²) in [6.45, 7) is 7.94. The van der Waals surface area contributed by atoms with Gasteiger partial charge < -0.3 is 20.1 Å². The van der Waals surface area contributed by atoms with E-state index in [0.717, 1.165) is 45.1 Å². The summed E-state index contributed by atoms with van der Waals surface area (Å²) >= 11 is 1.77. The first-order valence-electron chi connectivity index (χ1n) is 8.91. The second kappa shape index (κ2) is 12.0. The number of thioether (sulfide) groups is 1. The minimum absolute atomic E-state index is 0. The lowest BCUT2D eigenvalue weighted by Crippen LogP contribution is -2.50. The number of hydrogen-bond donors (Lipinski definition) is 2. The number of ether oxygens (including phenoxy) is 2. The van der Waals surface area contributed by atoms with Crippen molar-refractivity contribution in [3.8, 4) is 0 Å². The SMILES string of the molecule is CCNC(=NCc1ccc(C)cc1SC)NCC1(OC)CCOCC1.I. The summed E-state index contributed by atoms with van der Waals surface area (Å²) in [6.07, 6.45) is 3.92. The van der Waals surface area contributed by atoms with E-state index in [4.69, 9.17) is 14.5 Å². The molecule has 0 aliphatic carbocycles. The van der Waals surface area contributed by atoms with Gasteiger partial charge in [0.1, 0.15) is 0 Å². The normalized spacial score (nSPS) is 16.7. The highest BCUT2D eigenvalue weighted by molar-refractivity contribution is 14.0. The highest BCUT2D eigenvalue weighted by atomic mass is 127. The zero-order chi connectivity index (χ0) is 18.1. The number of halogens is 1. The first-order chi connectivity index (χ1) is 12.1. The molecule has 1 fully saturated rings. The predicted molar refractivity (Wildman–Crippen MR) is 121 cm³/mol. The summed E-state index contributed by atoms with van der Waals surface area (Å²) in [5.74, 6) is 0.832. The Bertz CT molecular complexity index is 578. The summed E-state index contributed by atoms with van der Waals surface area (Å²) in [7, 11) is 1.79. The second-order valence-corrected chi connectivity index (χ2v) is 7.21. The molecule has 2 rings (SSSR count). The van der Waals surface area contributed by atoms with E-state index in [1.54, 1.807) is 18.9 Å². The molecule has 1 heterocycles. The molecule has 0 radical (unpaired) electrons. The number of guanidine groups is 1. The first-order valence-corrected chi connectivity index (χ1v) is 10.1. The number of benzene rings is 1. The van der Waals surface area contributed by atoms with E-state index in [-0.39, 0.29) is 29.6 Å². The van der Waals surface area contributed by atoms with Gasteiger partial charge in [-0.2, -0.15) is 0 Å². The Labute approximate surface area is 179 Å². The van der Waals surface area contributed by atoms with E-state index in [2.05, 4.69) is 48.9 Å². The Balaban J connectivity index is 0.00000338. The smallest absolute Gasteiger partial charge is 0.191 e. The van der Waals surface area contributed by atoms with Gasteiger partial charge in [-0.15, -0.1) is 35.7 Å². The van der Waals surface area contributed by atoms with Gasteiger partial charge in [0.15, 0.2) is 5.96 Å². The molecule has 0 amide bonds. The van der Waals surface area contributed by atoms with Crippen LogP contribution in [-0.4, -0.2) is 51.2 Å². The van der Waals surface area contributed by atoms with Crippen LogP contribution in [0.1, 0.15) is 30.9 Å². The molecule has 1 aromatic rings. The zero-order valence-corrected chi connectivity index (χ0v) is 19.4. The number of nitrogens with zero attached hydrogens (tertiary/aromatic N) is 1. The van der Waals surface area contributed by atoms with E-state index in [0.29, 0.717) is 6.54 Å². The summed E-state index contributed by atoms with van der Waals surface area (Å²) in [6, 6.07) is 6.54. The van der Waals surface area contributed by atoms with E-state index in [1.165, 1.54) is 16.0 Å². The Morgan fingerprint density at radius 2 is 2.04 bits per heavy atom. The topological polar surface area (TPSA) is 54.9 Å². The molecule has 0 spiro atoms. The van der Waals surface area contributed by atoms with Gasteiger partial charge in [-0.3, -0.25) is 0 Å². The van der Waals surface area contributed by atoms with Crippen LogP contribution in [0.2, 0.25) is 0 Å². The maximum Gasteiger partial charge on any atom is 0.191 e.